The summed E-state index contributed by atoms with van der Waals surface area (Å²) < 4.78 is 13.8. The van der Waals surface area contributed by atoms with Crippen LogP contribution in [0.1, 0.15) is 25.8 Å². The third-order valence-electron chi connectivity index (χ3n) is 3.30. The van der Waals surface area contributed by atoms with Crippen LogP contribution in [0.5, 0.6) is 0 Å². The van der Waals surface area contributed by atoms with Gasteiger partial charge in [-0.1, -0.05) is 13.0 Å². The van der Waals surface area contributed by atoms with E-state index in [-0.39, 0.29) is 5.82 Å². The molecule has 1 rings (SSSR count). The van der Waals surface area contributed by atoms with Gasteiger partial charge >= 0.3 is 0 Å². The lowest BCUT2D eigenvalue weighted by atomic mass is 10.2. The molecule has 18 heavy (non-hydrogen) atoms. The first-order valence-corrected chi connectivity index (χ1v) is 7.18. The Morgan fingerprint density at radius 3 is 2.78 bits per heavy atom. The van der Waals surface area contributed by atoms with Crippen LogP contribution in [0, 0.1) is 5.82 Å². The highest BCUT2D eigenvalue weighted by molar-refractivity contribution is 9.10. The van der Waals surface area contributed by atoms with Crippen molar-refractivity contribution >= 4 is 15.9 Å². The van der Waals surface area contributed by atoms with Crippen molar-refractivity contribution in [2.45, 2.75) is 32.9 Å². The van der Waals surface area contributed by atoms with Gasteiger partial charge in [0.15, 0.2) is 0 Å². The van der Waals surface area contributed by atoms with Crippen LogP contribution in [0.3, 0.4) is 0 Å². The van der Waals surface area contributed by atoms with Gasteiger partial charge in [0.25, 0.3) is 0 Å². The van der Waals surface area contributed by atoms with Crippen molar-refractivity contribution in [3.8, 4) is 0 Å². The molecule has 2 nitrogen and oxygen atoms in total. The van der Waals surface area contributed by atoms with Gasteiger partial charge in [0.2, 0.25) is 0 Å². The molecule has 0 bridgehead atoms. The summed E-state index contributed by atoms with van der Waals surface area (Å²) in [4.78, 5) is 2.33. The highest BCUT2D eigenvalue weighted by Gasteiger charge is 2.05. The maximum Gasteiger partial charge on any atom is 0.137 e. The SMILES string of the molecule is CCC(C)N(C)CCNCc1ccc(Br)c(F)c1. The molecule has 0 saturated carbocycles. The van der Waals surface area contributed by atoms with E-state index in [0.29, 0.717) is 17.1 Å². The molecule has 4 heteroatoms. The Bertz CT molecular complexity index is 371. The van der Waals surface area contributed by atoms with E-state index in [2.05, 4.69) is 47.0 Å². The van der Waals surface area contributed by atoms with Gasteiger partial charge in [0.05, 0.1) is 4.47 Å². The fraction of sp³-hybridized carbons (Fsp3) is 0.571. The molecular formula is C14H22BrFN2. The molecule has 0 aromatic heterocycles. The Morgan fingerprint density at radius 1 is 1.44 bits per heavy atom. The third kappa shape index (κ3) is 5.04. The fourth-order valence-electron chi connectivity index (χ4n) is 1.67. The zero-order valence-corrected chi connectivity index (χ0v) is 12.9. The minimum absolute atomic E-state index is 0.203. The molecule has 1 aromatic rings. The van der Waals surface area contributed by atoms with Gasteiger partial charge < -0.3 is 10.2 Å². The van der Waals surface area contributed by atoms with Crippen molar-refractivity contribution in [1.29, 1.82) is 0 Å². The molecule has 1 aromatic carbocycles. The van der Waals surface area contributed by atoms with Gasteiger partial charge in [0, 0.05) is 25.7 Å². The van der Waals surface area contributed by atoms with Crippen LogP contribution in [-0.2, 0) is 6.54 Å². The van der Waals surface area contributed by atoms with Crippen LogP contribution in [0.2, 0.25) is 0 Å². The molecule has 0 aliphatic heterocycles. The average molecular weight is 317 g/mol. The second-order valence-corrected chi connectivity index (χ2v) is 5.52. The van der Waals surface area contributed by atoms with Crippen molar-refractivity contribution in [2.24, 2.45) is 0 Å². The van der Waals surface area contributed by atoms with Crippen molar-refractivity contribution in [3.05, 3.63) is 34.1 Å². The summed E-state index contributed by atoms with van der Waals surface area (Å²) in [6.07, 6.45) is 1.16. The van der Waals surface area contributed by atoms with Gasteiger partial charge in [-0.05, 0) is 54.0 Å². The van der Waals surface area contributed by atoms with Crippen LogP contribution in [0.4, 0.5) is 4.39 Å². The van der Waals surface area contributed by atoms with E-state index in [1.54, 1.807) is 12.1 Å². The molecule has 0 fully saturated rings. The first-order chi connectivity index (χ1) is 8.54. The van der Waals surface area contributed by atoms with E-state index in [9.17, 15) is 4.39 Å². The fourth-order valence-corrected chi connectivity index (χ4v) is 1.92. The number of halogens is 2. The van der Waals surface area contributed by atoms with Crippen molar-refractivity contribution in [2.75, 3.05) is 20.1 Å². The zero-order valence-electron chi connectivity index (χ0n) is 11.3. The first kappa shape index (κ1) is 15.6. The molecule has 0 spiro atoms. The summed E-state index contributed by atoms with van der Waals surface area (Å²) >= 11 is 3.15. The van der Waals surface area contributed by atoms with E-state index < -0.39 is 0 Å². The highest BCUT2D eigenvalue weighted by Crippen LogP contribution is 2.16. The van der Waals surface area contributed by atoms with Crippen LogP contribution in [-0.4, -0.2) is 31.1 Å². The zero-order chi connectivity index (χ0) is 13.5. The average Bonchev–Trinajstić information content (AvgIpc) is 2.37. The first-order valence-electron chi connectivity index (χ1n) is 6.39. The minimum atomic E-state index is -0.203. The van der Waals surface area contributed by atoms with Gasteiger partial charge in [-0.15, -0.1) is 0 Å². The molecule has 1 atom stereocenters. The Kier molecular flexibility index (Phi) is 6.82. The third-order valence-corrected chi connectivity index (χ3v) is 3.94. The van der Waals surface area contributed by atoms with Crippen LogP contribution < -0.4 is 5.32 Å². The predicted molar refractivity (Wildman–Crippen MR) is 78.2 cm³/mol. The second kappa shape index (κ2) is 7.87. The van der Waals surface area contributed by atoms with E-state index in [0.717, 1.165) is 25.1 Å². The second-order valence-electron chi connectivity index (χ2n) is 4.66. The van der Waals surface area contributed by atoms with Crippen molar-refractivity contribution in [1.82, 2.24) is 10.2 Å². The highest BCUT2D eigenvalue weighted by atomic mass is 79.9. The van der Waals surface area contributed by atoms with E-state index in [1.165, 1.54) is 0 Å². The van der Waals surface area contributed by atoms with Crippen molar-refractivity contribution < 1.29 is 4.39 Å². The standard InChI is InChI=1S/C14H22BrFN2/c1-4-11(2)18(3)8-7-17-10-12-5-6-13(15)14(16)9-12/h5-6,9,11,17H,4,7-8,10H2,1-3H3. The number of rotatable bonds is 7. The lowest BCUT2D eigenvalue weighted by Crippen LogP contribution is -2.34. The molecule has 0 aliphatic rings. The summed E-state index contributed by atoms with van der Waals surface area (Å²) in [5, 5.41) is 3.33. The van der Waals surface area contributed by atoms with E-state index in [1.807, 2.05) is 6.07 Å². The van der Waals surface area contributed by atoms with Crippen LogP contribution in [0.25, 0.3) is 0 Å². The molecule has 1 unspecified atom stereocenters. The molecule has 102 valence electrons. The van der Waals surface area contributed by atoms with Crippen LogP contribution >= 0.6 is 15.9 Å². The predicted octanol–water partition coefficient (Wildman–Crippen LogP) is 3.41. The van der Waals surface area contributed by atoms with E-state index in [4.69, 9.17) is 0 Å². The topological polar surface area (TPSA) is 15.3 Å². The minimum Gasteiger partial charge on any atom is -0.311 e. The van der Waals surface area contributed by atoms with Gasteiger partial charge in [-0.25, -0.2) is 4.39 Å². The lowest BCUT2D eigenvalue weighted by molar-refractivity contribution is 0.251. The summed E-state index contributed by atoms with van der Waals surface area (Å²) in [5.41, 5.74) is 0.974. The molecular weight excluding hydrogens is 295 g/mol. The van der Waals surface area contributed by atoms with Gasteiger partial charge in [-0.2, -0.15) is 0 Å². The monoisotopic (exact) mass is 316 g/mol. The normalized spacial score (nSPS) is 13.0. The molecule has 0 radical (unpaired) electrons. The number of hydrogen-bond acceptors (Lipinski definition) is 2. The molecule has 0 saturated heterocycles. The Balaban J connectivity index is 2.27. The molecule has 0 heterocycles. The largest absolute Gasteiger partial charge is 0.311 e. The quantitative estimate of drug-likeness (QED) is 0.775. The van der Waals surface area contributed by atoms with Crippen LogP contribution in [0.15, 0.2) is 22.7 Å². The van der Waals surface area contributed by atoms with Gasteiger partial charge in [0.1, 0.15) is 5.82 Å². The summed E-state index contributed by atoms with van der Waals surface area (Å²) in [6.45, 7) is 7.05. The van der Waals surface area contributed by atoms with Crippen molar-refractivity contribution in [3.63, 3.8) is 0 Å². The number of hydrogen-bond donors (Lipinski definition) is 1. The molecule has 1 N–H and O–H groups in total. The summed E-state index contributed by atoms with van der Waals surface area (Å²) in [5.74, 6) is -0.203. The maximum absolute atomic E-state index is 13.3. The Labute approximate surface area is 118 Å². The Morgan fingerprint density at radius 2 is 2.17 bits per heavy atom. The lowest BCUT2D eigenvalue weighted by Gasteiger charge is -2.23. The Hall–Kier alpha value is -0.450. The summed E-state index contributed by atoms with van der Waals surface area (Å²) in [6, 6.07) is 5.85. The number of benzene rings is 1. The molecule has 0 amide bonds. The van der Waals surface area contributed by atoms with Gasteiger partial charge in [-0.3, -0.25) is 0 Å². The summed E-state index contributed by atoms with van der Waals surface area (Å²) in [7, 11) is 2.13. The van der Waals surface area contributed by atoms with E-state index >= 15 is 0 Å². The number of nitrogens with one attached hydrogen (secondary N) is 1. The number of likely N-dealkylation sites (N-methyl/N-ethyl adjacent to an activating group) is 1. The molecule has 0 aliphatic carbocycles. The number of nitrogens with zero attached hydrogens (tertiary/aromatic N) is 1. The maximum atomic E-state index is 13.3. The smallest absolute Gasteiger partial charge is 0.137 e.